The van der Waals surface area contributed by atoms with Crippen molar-refractivity contribution < 1.29 is 9.90 Å². The lowest BCUT2D eigenvalue weighted by Gasteiger charge is -2.38. The van der Waals surface area contributed by atoms with Crippen molar-refractivity contribution in [3.63, 3.8) is 0 Å². The molecule has 132 valence electrons. The van der Waals surface area contributed by atoms with Crippen molar-refractivity contribution in [2.24, 2.45) is 5.92 Å². The van der Waals surface area contributed by atoms with E-state index < -0.39 is 0 Å². The maximum atomic E-state index is 12.6. The van der Waals surface area contributed by atoms with Crippen LogP contribution in [-0.2, 0) is 13.0 Å². The first kappa shape index (κ1) is 17.4. The summed E-state index contributed by atoms with van der Waals surface area (Å²) in [5.74, 6) is 0.0258. The Morgan fingerprint density at radius 3 is 2.60 bits per heavy atom. The topological polar surface area (TPSA) is 71.3 Å². The third kappa shape index (κ3) is 4.17. The van der Waals surface area contributed by atoms with Crippen LogP contribution < -0.4 is 10.9 Å². The van der Waals surface area contributed by atoms with Crippen LogP contribution in [0.3, 0.4) is 0 Å². The minimum absolute atomic E-state index is 0.0492. The van der Waals surface area contributed by atoms with E-state index in [0.717, 1.165) is 12.0 Å². The van der Waals surface area contributed by atoms with Gasteiger partial charge in [0.25, 0.3) is 11.5 Å². The molecule has 0 unspecified atom stereocenters. The van der Waals surface area contributed by atoms with E-state index in [1.54, 1.807) is 16.8 Å². The molecular weight excluding hydrogens is 316 g/mol. The Bertz CT molecular complexity index is 779. The first-order chi connectivity index (χ1) is 12.1. The van der Waals surface area contributed by atoms with Gasteiger partial charge in [-0.1, -0.05) is 30.3 Å². The van der Waals surface area contributed by atoms with Crippen molar-refractivity contribution in [3.05, 3.63) is 70.1 Å². The smallest absolute Gasteiger partial charge is 0.251 e. The largest absolute Gasteiger partial charge is 0.393 e. The second-order valence-electron chi connectivity index (χ2n) is 6.69. The Morgan fingerprint density at radius 2 is 2.00 bits per heavy atom. The maximum absolute atomic E-state index is 12.6. The van der Waals surface area contributed by atoms with Gasteiger partial charge in [-0.25, -0.2) is 0 Å². The number of aromatic nitrogens is 1. The van der Waals surface area contributed by atoms with Crippen molar-refractivity contribution in [3.8, 4) is 0 Å². The van der Waals surface area contributed by atoms with Gasteiger partial charge in [-0.2, -0.15) is 0 Å². The molecule has 1 heterocycles. The molecule has 1 saturated carbocycles. The van der Waals surface area contributed by atoms with Crippen molar-refractivity contribution in [2.45, 2.75) is 44.9 Å². The van der Waals surface area contributed by atoms with Gasteiger partial charge in [0.2, 0.25) is 0 Å². The number of pyridine rings is 1. The van der Waals surface area contributed by atoms with Gasteiger partial charge in [-0.05, 0) is 43.7 Å². The fraction of sp³-hybridized carbons (Fsp3) is 0.400. The number of aliphatic hydroxyl groups is 1. The van der Waals surface area contributed by atoms with Crippen LogP contribution in [0, 0.1) is 5.92 Å². The van der Waals surface area contributed by atoms with Gasteiger partial charge in [0.05, 0.1) is 6.10 Å². The zero-order valence-corrected chi connectivity index (χ0v) is 14.4. The Kier molecular flexibility index (Phi) is 5.34. The quantitative estimate of drug-likeness (QED) is 0.845. The van der Waals surface area contributed by atoms with Gasteiger partial charge >= 0.3 is 0 Å². The number of nitrogens with zero attached hydrogens (tertiary/aromatic N) is 1. The summed E-state index contributed by atoms with van der Waals surface area (Å²) in [5, 5.41) is 12.7. The summed E-state index contributed by atoms with van der Waals surface area (Å²) in [4.78, 5) is 24.5. The monoisotopic (exact) mass is 340 g/mol. The van der Waals surface area contributed by atoms with Crippen molar-refractivity contribution >= 4 is 5.91 Å². The van der Waals surface area contributed by atoms with E-state index in [1.165, 1.54) is 6.07 Å². The summed E-state index contributed by atoms with van der Waals surface area (Å²) in [6.45, 7) is 2.47. The minimum atomic E-state index is -0.270. The number of nitrogens with one attached hydrogen (secondary N) is 1. The van der Waals surface area contributed by atoms with Gasteiger partial charge in [-0.3, -0.25) is 9.59 Å². The number of aliphatic hydroxyl groups excluding tert-OH is 1. The normalized spacial score (nSPS) is 20.6. The predicted molar refractivity (Wildman–Crippen MR) is 96.5 cm³/mol. The van der Waals surface area contributed by atoms with E-state index in [4.69, 9.17) is 0 Å². The highest BCUT2D eigenvalue weighted by Gasteiger charge is 2.34. The highest BCUT2D eigenvalue weighted by molar-refractivity contribution is 5.94. The molecule has 25 heavy (non-hydrogen) atoms. The van der Waals surface area contributed by atoms with Crippen molar-refractivity contribution in [2.75, 3.05) is 0 Å². The van der Waals surface area contributed by atoms with Crippen LogP contribution in [0.1, 0.15) is 35.7 Å². The minimum Gasteiger partial charge on any atom is -0.393 e. The number of aryl methyl sites for hydroxylation is 1. The van der Waals surface area contributed by atoms with Crippen LogP contribution in [0.15, 0.2) is 53.5 Å². The summed E-state index contributed by atoms with van der Waals surface area (Å²) in [5.41, 5.74) is 1.36. The highest BCUT2D eigenvalue weighted by atomic mass is 16.3. The standard InChI is InChI=1S/C20H24N2O3/c1-2-22-9-8-15(13-19(22)24)20(25)21-18(16-11-17(23)12-16)10-14-6-4-3-5-7-14/h3-9,13,16-18,23H,2,10-12H2,1H3,(H,21,25)/t16?,17?,18-/m0/s1. The third-order valence-electron chi connectivity index (χ3n) is 4.93. The Balaban J connectivity index is 1.74. The molecule has 1 aliphatic rings. The number of carbonyl (C=O) groups excluding carboxylic acids is 1. The molecule has 0 aliphatic heterocycles. The summed E-state index contributed by atoms with van der Waals surface area (Å²) in [6.07, 6.45) is 3.51. The number of amides is 1. The summed E-state index contributed by atoms with van der Waals surface area (Å²) in [7, 11) is 0. The molecule has 2 N–H and O–H groups in total. The average molecular weight is 340 g/mol. The molecule has 1 atom stereocenters. The molecule has 0 bridgehead atoms. The number of hydrogen-bond donors (Lipinski definition) is 2. The SMILES string of the molecule is CCn1ccc(C(=O)N[C@@H](Cc2ccccc2)C2CC(O)C2)cc1=O. The lowest BCUT2D eigenvalue weighted by molar-refractivity contribution is 0.0239. The number of carbonyl (C=O) groups is 1. The molecule has 1 amide bonds. The molecule has 0 spiro atoms. The zero-order valence-electron chi connectivity index (χ0n) is 14.4. The molecule has 1 aromatic heterocycles. The highest BCUT2D eigenvalue weighted by Crippen LogP contribution is 2.31. The molecular formula is C20H24N2O3. The van der Waals surface area contributed by atoms with Crippen molar-refractivity contribution in [1.82, 2.24) is 9.88 Å². The molecule has 0 radical (unpaired) electrons. The zero-order chi connectivity index (χ0) is 17.8. The van der Waals surface area contributed by atoms with Crippen LogP contribution in [0.5, 0.6) is 0 Å². The fourth-order valence-corrected chi connectivity index (χ4v) is 3.32. The first-order valence-corrected chi connectivity index (χ1v) is 8.80. The van der Waals surface area contributed by atoms with E-state index >= 15 is 0 Å². The molecule has 0 saturated heterocycles. The summed E-state index contributed by atoms with van der Waals surface area (Å²) < 4.78 is 1.56. The van der Waals surface area contributed by atoms with Gasteiger partial charge in [0.1, 0.15) is 0 Å². The maximum Gasteiger partial charge on any atom is 0.251 e. The average Bonchev–Trinajstić information content (AvgIpc) is 2.59. The summed E-state index contributed by atoms with van der Waals surface area (Å²) in [6, 6.07) is 13.0. The third-order valence-corrected chi connectivity index (χ3v) is 4.93. The first-order valence-electron chi connectivity index (χ1n) is 8.80. The van der Waals surface area contributed by atoms with Gasteiger partial charge in [-0.15, -0.1) is 0 Å². The molecule has 1 aliphatic carbocycles. The molecule has 3 rings (SSSR count). The second-order valence-corrected chi connectivity index (χ2v) is 6.69. The van der Waals surface area contributed by atoms with E-state index in [0.29, 0.717) is 24.9 Å². The molecule has 1 fully saturated rings. The Morgan fingerprint density at radius 1 is 1.28 bits per heavy atom. The van der Waals surface area contributed by atoms with E-state index in [1.807, 2.05) is 37.3 Å². The van der Waals surface area contributed by atoms with Crippen LogP contribution >= 0.6 is 0 Å². The fourth-order valence-electron chi connectivity index (χ4n) is 3.32. The lowest BCUT2D eigenvalue weighted by atomic mass is 9.75. The van der Waals surface area contributed by atoms with Gasteiger partial charge in [0, 0.05) is 30.4 Å². The summed E-state index contributed by atoms with van der Waals surface area (Å²) >= 11 is 0. The number of rotatable bonds is 6. The van der Waals surface area contributed by atoms with E-state index in [9.17, 15) is 14.7 Å². The van der Waals surface area contributed by atoms with E-state index in [-0.39, 0.29) is 29.5 Å². The molecule has 2 aromatic rings. The van der Waals surface area contributed by atoms with Gasteiger partial charge in [0.15, 0.2) is 0 Å². The lowest BCUT2D eigenvalue weighted by Crippen LogP contribution is -2.48. The molecule has 1 aromatic carbocycles. The number of hydrogen-bond acceptors (Lipinski definition) is 3. The Hall–Kier alpha value is -2.40. The number of benzene rings is 1. The predicted octanol–water partition coefficient (Wildman–Crippen LogP) is 1.98. The van der Waals surface area contributed by atoms with Crippen LogP contribution in [0.25, 0.3) is 0 Å². The Labute approximate surface area is 147 Å². The molecule has 5 heteroatoms. The van der Waals surface area contributed by atoms with Gasteiger partial charge < -0.3 is 15.0 Å². The van der Waals surface area contributed by atoms with Crippen LogP contribution in [0.4, 0.5) is 0 Å². The van der Waals surface area contributed by atoms with Crippen molar-refractivity contribution in [1.29, 1.82) is 0 Å². The molecule has 5 nitrogen and oxygen atoms in total. The van der Waals surface area contributed by atoms with E-state index in [2.05, 4.69) is 5.32 Å². The second kappa shape index (κ2) is 7.66. The van der Waals surface area contributed by atoms with Crippen LogP contribution in [-0.4, -0.2) is 27.7 Å². The van der Waals surface area contributed by atoms with Crippen LogP contribution in [0.2, 0.25) is 0 Å².